The van der Waals surface area contributed by atoms with E-state index in [1.807, 2.05) is 19.1 Å². The summed E-state index contributed by atoms with van der Waals surface area (Å²) in [5.41, 5.74) is 0.871. The van der Waals surface area contributed by atoms with Crippen molar-refractivity contribution < 1.29 is 9.53 Å². The van der Waals surface area contributed by atoms with Gasteiger partial charge in [0.25, 0.3) is 0 Å². The first kappa shape index (κ1) is 14.8. The topological polar surface area (TPSA) is 38.3 Å². The summed E-state index contributed by atoms with van der Waals surface area (Å²) in [6, 6.07) is 5.08. The summed E-state index contributed by atoms with van der Waals surface area (Å²) < 4.78 is 5.92. The Labute approximate surface area is 126 Å². The zero-order valence-electron chi connectivity index (χ0n) is 10.8. The van der Waals surface area contributed by atoms with Crippen molar-refractivity contribution in [1.82, 2.24) is 5.32 Å². The van der Waals surface area contributed by atoms with Crippen LogP contribution in [0, 0.1) is 5.92 Å². The van der Waals surface area contributed by atoms with Crippen LogP contribution in [0.15, 0.2) is 22.7 Å². The van der Waals surface area contributed by atoms with Gasteiger partial charge in [-0.05, 0) is 65.9 Å². The number of carbonyl (C=O) groups excluding carboxylic acids is 1. The Morgan fingerprint density at radius 1 is 1.58 bits per heavy atom. The van der Waals surface area contributed by atoms with Crippen LogP contribution in [-0.4, -0.2) is 19.1 Å². The molecule has 0 amide bonds. The number of ether oxygens (including phenoxy) is 1. The second kappa shape index (κ2) is 6.73. The summed E-state index contributed by atoms with van der Waals surface area (Å²) in [5, 5.41) is 3.92. The Morgan fingerprint density at radius 3 is 2.89 bits per heavy atom. The van der Waals surface area contributed by atoms with Gasteiger partial charge in [-0.1, -0.05) is 17.7 Å². The SMILES string of the molecule is CCOC(=O)C(NCC1CC1)c1ccc(Cl)c(Br)c1. The predicted octanol–water partition coefficient (Wildman–Crippen LogP) is 3.71. The molecule has 1 N–H and O–H groups in total. The normalized spacial score (nSPS) is 16.2. The molecule has 1 fully saturated rings. The second-order valence-corrected chi connectivity index (χ2v) is 5.97. The van der Waals surface area contributed by atoms with E-state index in [4.69, 9.17) is 16.3 Å². The van der Waals surface area contributed by atoms with Crippen LogP contribution >= 0.6 is 27.5 Å². The van der Waals surface area contributed by atoms with E-state index in [1.165, 1.54) is 12.8 Å². The quantitative estimate of drug-likeness (QED) is 0.798. The number of carbonyl (C=O) groups is 1. The molecule has 0 radical (unpaired) electrons. The molecule has 0 saturated heterocycles. The molecule has 1 aliphatic carbocycles. The van der Waals surface area contributed by atoms with E-state index in [0.717, 1.165) is 16.6 Å². The minimum absolute atomic E-state index is 0.239. The summed E-state index contributed by atoms with van der Waals surface area (Å²) in [5.74, 6) is 0.463. The maximum Gasteiger partial charge on any atom is 0.327 e. The smallest absolute Gasteiger partial charge is 0.327 e. The minimum atomic E-state index is -0.422. The van der Waals surface area contributed by atoms with Gasteiger partial charge in [-0.2, -0.15) is 0 Å². The molecule has 1 unspecified atom stereocenters. The van der Waals surface area contributed by atoms with Crippen LogP contribution < -0.4 is 5.32 Å². The van der Waals surface area contributed by atoms with Crippen molar-refractivity contribution in [3.05, 3.63) is 33.3 Å². The van der Waals surface area contributed by atoms with Gasteiger partial charge >= 0.3 is 5.97 Å². The van der Waals surface area contributed by atoms with E-state index in [0.29, 0.717) is 17.5 Å². The van der Waals surface area contributed by atoms with E-state index in [-0.39, 0.29) is 5.97 Å². The number of halogens is 2. The summed E-state index contributed by atoms with van der Waals surface area (Å²) in [4.78, 5) is 12.0. The van der Waals surface area contributed by atoms with Crippen molar-refractivity contribution in [2.45, 2.75) is 25.8 Å². The molecule has 0 heterocycles. The lowest BCUT2D eigenvalue weighted by molar-refractivity contribution is -0.145. The molecule has 0 aliphatic heterocycles. The molecule has 1 atom stereocenters. The molecule has 5 heteroatoms. The number of nitrogens with one attached hydrogen (secondary N) is 1. The fourth-order valence-electron chi connectivity index (χ4n) is 1.86. The molecule has 1 aliphatic rings. The molecule has 1 saturated carbocycles. The zero-order valence-corrected chi connectivity index (χ0v) is 13.1. The van der Waals surface area contributed by atoms with Gasteiger partial charge in [0.15, 0.2) is 0 Å². The van der Waals surface area contributed by atoms with Crippen molar-refractivity contribution in [3.63, 3.8) is 0 Å². The third-order valence-corrected chi connectivity index (χ3v) is 4.32. The van der Waals surface area contributed by atoms with Gasteiger partial charge in [0, 0.05) is 4.47 Å². The Morgan fingerprint density at radius 2 is 2.32 bits per heavy atom. The first-order valence-electron chi connectivity index (χ1n) is 6.46. The first-order chi connectivity index (χ1) is 9.11. The number of benzene rings is 1. The molecule has 0 bridgehead atoms. The number of rotatable bonds is 6. The highest BCUT2D eigenvalue weighted by atomic mass is 79.9. The average molecular weight is 347 g/mol. The Bertz CT molecular complexity index is 463. The fraction of sp³-hybridized carbons (Fsp3) is 0.500. The van der Waals surface area contributed by atoms with Crippen LogP contribution in [-0.2, 0) is 9.53 Å². The van der Waals surface area contributed by atoms with Crippen molar-refractivity contribution in [2.75, 3.05) is 13.2 Å². The lowest BCUT2D eigenvalue weighted by Crippen LogP contribution is -2.31. The lowest BCUT2D eigenvalue weighted by Gasteiger charge is -2.18. The van der Waals surface area contributed by atoms with E-state index < -0.39 is 6.04 Å². The minimum Gasteiger partial charge on any atom is -0.465 e. The summed E-state index contributed by atoms with van der Waals surface area (Å²) >= 11 is 9.36. The van der Waals surface area contributed by atoms with Crippen LogP contribution in [0.5, 0.6) is 0 Å². The van der Waals surface area contributed by atoms with Gasteiger partial charge in [0.2, 0.25) is 0 Å². The first-order valence-corrected chi connectivity index (χ1v) is 7.64. The number of esters is 1. The van der Waals surface area contributed by atoms with E-state index in [1.54, 1.807) is 6.07 Å². The fourth-order valence-corrected chi connectivity index (χ4v) is 2.38. The molecule has 1 aromatic rings. The monoisotopic (exact) mass is 345 g/mol. The maximum atomic E-state index is 12.0. The second-order valence-electron chi connectivity index (χ2n) is 4.71. The van der Waals surface area contributed by atoms with Crippen molar-refractivity contribution in [3.8, 4) is 0 Å². The van der Waals surface area contributed by atoms with Crippen LogP contribution in [0.2, 0.25) is 5.02 Å². The van der Waals surface area contributed by atoms with Gasteiger partial charge in [-0.15, -0.1) is 0 Å². The van der Waals surface area contributed by atoms with E-state index in [2.05, 4.69) is 21.2 Å². The van der Waals surface area contributed by atoms with Crippen LogP contribution in [0.3, 0.4) is 0 Å². The molecule has 0 aromatic heterocycles. The van der Waals surface area contributed by atoms with Crippen LogP contribution in [0.4, 0.5) is 0 Å². The molecule has 3 nitrogen and oxygen atoms in total. The number of hydrogen-bond acceptors (Lipinski definition) is 3. The Balaban J connectivity index is 2.13. The third-order valence-electron chi connectivity index (χ3n) is 3.11. The summed E-state index contributed by atoms with van der Waals surface area (Å²) in [6.45, 7) is 3.05. The van der Waals surface area contributed by atoms with Crippen molar-refractivity contribution in [1.29, 1.82) is 0 Å². The highest BCUT2D eigenvalue weighted by Gasteiger charge is 2.27. The largest absolute Gasteiger partial charge is 0.465 e. The van der Waals surface area contributed by atoms with Gasteiger partial charge in [0.1, 0.15) is 6.04 Å². The predicted molar refractivity (Wildman–Crippen MR) is 79.3 cm³/mol. The van der Waals surface area contributed by atoms with E-state index >= 15 is 0 Å². The molecular formula is C14H17BrClNO2. The molecule has 2 rings (SSSR count). The highest BCUT2D eigenvalue weighted by molar-refractivity contribution is 9.10. The zero-order chi connectivity index (χ0) is 13.8. The molecule has 104 valence electrons. The summed E-state index contributed by atoms with van der Waals surface area (Å²) in [6.07, 6.45) is 2.49. The van der Waals surface area contributed by atoms with Crippen LogP contribution in [0.25, 0.3) is 0 Å². The molecule has 1 aromatic carbocycles. The van der Waals surface area contributed by atoms with Crippen molar-refractivity contribution in [2.24, 2.45) is 5.92 Å². The highest BCUT2D eigenvalue weighted by Crippen LogP contribution is 2.30. The van der Waals surface area contributed by atoms with Gasteiger partial charge < -0.3 is 10.1 Å². The van der Waals surface area contributed by atoms with E-state index in [9.17, 15) is 4.79 Å². The number of hydrogen-bond donors (Lipinski definition) is 1. The lowest BCUT2D eigenvalue weighted by atomic mass is 10.1. The molecule has 0 spiro atoms. The average Bonchev–Trinajstić information content (AvgIpc) is 3.18. The Kier molecular flexibility index (Phi) is 5.25. The van der Waals surface area contributed by atoms with Crippen molar-refractivity contribution >= 4 is 33.5 Å². The van der Waals surface area contributed by atoms with Gasteiger partial charge in [-0.3, -0.25) is 0 Å². The van der Waals surface area contributed by atoms with Gasteiger partial charge in [0.05, 0.1) is 11.6 Å². The van der Waals surface area contributed by atoms with Crippen LogP contribution in [0.1, 0.15) is 31.4 Å². The molecule has 19 heavy (non-hydrogen) atoms. The third kappa shape index (κ3) is 4.20. The maximum absolute atomic E-state index is 12.0. The Hall–Kier alpha value is -0.580. The molecular weight excluding hydrogens is 330 g/mol. The van der Waals surface area contributed by atoms with Gasteiger partial charge in [-0.25, -0.2) is 4.79 Å². The summed E-state index contributed by atoms with van der Waals surface area (Å²) in [7, 11) is 0. The standard InChI is InChI=1S/C14H17BrClNO2/c1-2-19-14(18)13(17-8-9-3-4-9)10-5-6-12(16)11(15)7-10/h5-7,9,13,17H,2-4,8H2,1H3.